The lowest BCUT2D eigenvalue weighted by Crippen LogP contribution is -2.60. The number of aliphatic hydroxyl groups excluding tert-OH is 5. The largest absolute Gasteiger partial charge is 0.466 e. The fourth-order valence-corrected chi connectivity index (χ4v) is 8.03. The second-order valence-electron chi connectivity index (χ2n) is 18.6. The van der Waals surface area contributed by atoms with Crippen LogP contribution in [-0.4, -0.2) is 100 Å². The molecule has 0 aromatic rings. The van der Waals surface area contributed by atoms with Crippen LogP contribution in [0.3, 0.4) is 0 Å². The van der Waals surface area contributed by atoms with E-state index in [4.69, 9.17) is 14.2 Å². The molecule has 7 atom stereocenters. The minimum atomic E-state index is -1.58. The van der Waals surface area contributed by atoms with Crippen molar-refractivity contribution in [1.82, 2.24) is 5.32 Å². The first-order chi connectivity index (χ1) is 32.2. The fourth-order valence-electron chi connectivity index (χ4n) is 8.03. The summed E-state index contributed by atoms with van der Waals surface area (Å²) >= 11 is 0. The summed E-state index contributed by atoms with van der Waals surface area (Å²) in [6.07, 6.45) is 44.7. The average molecular weight is 934 g/mol. The number of hydrogen-bond donors (Lipinski definition) is 6. The van der Waals surface area contributed by atoms with Crippen molar-refractivity contribution in [1.29, 1.82) is 0 Å². The van der Waals surface area contributed by atoms with E-state index in [1.807, 2.05) is 6.08 Å². The standard InChI is InChI=1S/C55H99NO10/c1-3-5-7-9-11-13-15-18-22-25-29-33-37-41-48(58)47(46-65-55-54(63)53(62)52(61)49(45-57)66-55)56-50(59)42-38-34-30-26-23-19-16-17-20-24-28-32-36-40-44-64-51(60)43-39-35-31-27-21-14-12-10-8-6-4-2/h10-13,22,25,37,41,47-49,52-55,57-58,61-63H,3-9,14-21,23-24,26-36,38-40,42-46H2,1-2H3,(H,56,59)/b12-10-,13-11+,25-22+,41-37+. The van der Waals surface area contributed by atoms with E-state index in [2.05, 4.69) is 55.6 Å². The van der Waals surface area contributed by atoms with Crippen molar-refractivity contribution in [3.8, 4) is 0 Å². The van der Waals surface area contributed by atoms with Gasteiger partial charge in [0.05, 0.1) is 32.0 Å². The van der Waals surface area contributed by atoms with E-state index in [1.165, 1.54) is 116 Å². The van der Waals surface area contributed by atoms with Gasteiger partial charge in [0.2, 0.25) is 5.91 Å². The van der Waals surface area contributed by atoms with Gasteiger partial charge in [-0.05, 0) is 77.0 Å². The molecule has 384 valence electrons. The van der Waals surface area contributed by atoms with E-state index in [0.717, 1.165) is 83.5 Å². The van der Waals surface area contributed by atoms with Crippen LogP contribution in [0.2, 0.25) is 0 Å². The van der Waals surface area contributed by atoms with Gasteiger partial charge in [-0.3, -0.25) is 9.59 Å². The Bertz CT molecular complexity index is 1240. The third kappa shape index (κ3) is 34.8. The molecule has 1 aliphatic heterocycles. The highest BCUT2D eigenvalue weighted by Crippen LogP contribution is 2.23. The number of amides is 1. The zero-order chi connectivity index (χ0) is 48.1. The van der Waals surface area contributed by atoms with E-state index in [9.17, 15) is 35.1 Å². The van der Waals surface area contributed by atoms with Crippen LogP contribution in [0.25, 0.3) is 0 Å². The third-order valence-electron chi connectivity index (χ3n) is 12.4. The second kappa shape index (κ2) is 45.1. The topological polar surface area (TPSA) is 175 Å². The number of ether oxygens (including phenoxy) is 3. The van der Waals surface area contributed by atoms with Crippen LogP contribution in [0.4, 0.5) is 0 Å². The lowest BCUT2D eigenvalue weighted by Gasteiger charge is -2.40. The summed E-state index contributed by atoms with van der Waals surface area (Å²) in [7, 11) is 0. The van der Waals surface area contributed by atoms with Crippen molar-refractivity contribution in [3.05, 3.63) is 48.6 Å². The van der Waals surface area contributed by atoms with Crippen LogP contribution in [-0.2, 0) is 23.8 Å². The summed E-state index contributed by atoms with van der Waals surface area (Å²) in [5.74, 6) is -0.245. The lowest BCUT2D eigenvalue weighted by molar-refractivity contribution is -0.302. The highest BCUT2D eigenvalue weighted by atomic mass is 16.7. The molecule has 0 spiro atoms. The van der Waals surface area contributed by atoms with Crippen LogP contribution in [0, 0.1) is 0 Å². The maximum Gasteiger partial charge on any atom is 0.305 e. The Labute approximate surface area is 402 Å². The Hall–Kier alpha value is -2.38. The Morgan fingerprint density at radius 1 is 0.545 bits per heavy atom. The average Bonchev–Trinajstić information content (AvgIpc) is 3.31. The van der Waals surface area contributed by atoms with Gasteiger partial charge in [-0.25, -0.2) is 0 Å². The van der Waals surface area contributed by atoms with Crippen molar-refractivity contribution in [2.75, 3.05) is 19.8 Å². The van der Waals surface area contributed by atoms with E-state index in [-0.39, 0.29) is 18.5 Å². The third-order valence-corrected chi connectivity index (χ3v) is 12.4. The van der Waals surface area contributed by atoms with Gasteiger partial charge >= 0.3 is 5.97 Å². The molecule has 1 fully saturated rings. The number of allylic oxidation sites excluding steroid dienone is 7. The highest BCUT2D eigenvalue weighted by molar-refractivity contribution is 5.76. The molecule has 0 aliphatic carbocycles. The van der Waals surface area contributed by atoms with Gasteiger partial charge in [-0.15, -0.1) is 0 Å². The van der Waals surface area contributed by atoms with Crippen LogP contribution >= 0.6 is 0 Å². The number of rotatable bonds is 45. The molecular formula is C55H99NO10. The zero-order valence-corrected chi connectivity index (χ0v) is 41.9. The molecule has 1 amide bonds. The van der Waals surface area contributed by atoms with E-state index >= 15 is 0 Å². The molecule has 7 unspecified atom stereocenters. The van der Waals surface area contributed by atoms with Crippen molar-refractivity contribution >= 4 is 11.9 Å². The van der Waals surface area contributed by atoms with Crippen molar-refractivity contribution in [3.63, 3.8) is 0 Å². The van der Waals surface area contributed by atoms with Gasteiger partial charge in [-0.1, -0.05) is 184 Å². The maximum atomic E-state index is 13.0. The van der Waals surface area contributed by atoms with Gasteiger partial charge in [0, 0.05) is 12.8 Å². The molecule has 1 heterocycles. The second-order valence-corrected chi connectivity index (χ2v) is 18.6. The van der Waals surface area contributed by atoms with Crippen LogP contribution in [0.5, 0.6) is 0 Å². The smallest absolute Gasteiger partial charge is 0.305 e. The molecule has 0 aromatic heterocycles. The molecular weight excluding hydrogens is 835 g/mol. The molecule has 0 bridgehead atoms. The van der Waals surface area contributed by atoms with E-state index < -0.39 is 49.5 Å². The van der Waals surface area contributed by atoms with Gasteiger partial charge in [0.1, 0.15) is 24.4 Å². The van der Waals surface area contributed by atoms with Crippen molar-refractivity contribution in [2.45, 2.75) is 269 Å². The molecule has 11 nitrogen and oxygen atoms in total. The summed E-state index contributed by atoms with van der Waals surface area (Å²) in [6, 6.07) is -0.843. The molecule has 0 saturated carbocycles. The van der Waals surface area contributed by atoms with Crippen LogP contribution < -0.4 is 5.32 Å². The molecule has 66 heavy (non-hydrogen) atoms. The Morgan fingerprint density at radius 2 is 1.00 bits per heavy atom. The summed E-state index contributed by atoms with van der Waals surface area (Å²) in [6.45, 7) is 4.20. The fraction of sp³-hybridized carbons (Fsp3) is 0.818. The van der Waals surface area contributed by atoms with Gasteiger partial charge in [0.25, 0.3) is 0 Å². The molecule has 1 saturated heterocycles. The maximum absolute atomic E-state index is 13.0. The molecule has 0 radical (unpaired) electrons. The number of carbonyl (C=O) groups excluding carboxylic acids is 2. The number of hydrogen-bond acceptors (Lipinski definition) is 10. The van der Waals surface area contributed by atoms with E-state index in [1.54, 1.807) is 6.08 Å². The van der Waals surface area contributed by atoms with Gasteiger partial charge in [-0.2, -0.15) is 0 Å². The quantitative estimate of drug-likeness (QED) is 0.0196. The summed E-state index contributed by atoms with van der Waals surface area (Å²) in [5.41, 5.74) is 0. The molecule has 6 N–H and O–H groups in total. The van der Waals surface area contributed by atoms with Gasteiger partial charge in [0.15, 0.2) is 6.29 Å². The first-order valence-corrected chi connectivity index (χ1v) is 26.9. The number of unbranched alkanes of at least 4 members (excludes halogenated alkanes) is 25. The normalized spacial score (nSPS) is 20.0. The summed E-state index contributed by atoms with van der Waals surface area (Å²) in [4.78, 5) is 25.0. The van der Waals surface area contributed by atoms with Gasteiger partial charge < -0.3 is 45.1 Å². The lowest BCUT2D eigenvalue weighted by atomic mass is 9.99. The number of esters is 1. The SMILES string of the molecule is CCCC/C=C\CCCCCCCC(=O)OCCCCCCCCCCCCCCCCC(=O)NC(COC1OC(CO)C(O)C(O)C1O)C(O)/C=C/CC/C=C/CC/C=C/CCCCC. The summed E-state index contributed by atoms with van der Waals surface area (Å²) in [5, 5.41) is 54.2. The number of carbonyl (C=O) groups is 2. The minimum Gasteiger partial charge on any atom is -0.466 e. The predicted molar refractivity (Wildman–Crippen MR) is 269 cm³/mol. The molecule has 1 rings (SSSR count). The highest BCUT2D eigenvalue weighted by Gasteiger charge is 2.44. The first kappa shape index (κ1) is 61.6. The minimum absolute atomic E-state index is 0.0363. The first-order valence-electron chi connectivity index (χ1n) is 26.9. The summed E-state index contributed by atoms with van der Waals surface area (Å²) < 4.78 is 16.6. The monoisotopic (exact) mass is 934 g/mol. The number of aliphatic hydroxyl groups is 5. The van der Waals surface area contributed by atoms with Crippen molar-refractivity contribution < 1.29 is 49.3 Å². The van der Waals surface area contributed by atoms with E-state index in [0.29, 0.717) is 19.4 Å². The van der Waals surface area contributed by atoms with Crippen molar-refractivity contribution in [2.24, 2.45) is 0 Å². The zero-order valence-electron chi connectivity index (χ0n) is 41.9. The van der Waals surface area contributed by atoms with Crippen LogP contribution in [0.1, 0.15) is 226 Å². The Morgan fingerprint density at radius 3 is 1.55 bits per heavy atom. The van der Waals surface area contributed by atoms with Crippen LogP contribution in [0.15, 0.2) is 48.6 Å². The molecule has 11 heteroatoms. The Balaban J connectivity index is 2.19. The Kier molecular flexibility index (Phi) is 42.1. The molecule has 0 aromatic carbocycles. The predicted octanol–water partition coefficient (Wildman–Crippen LogP) is 11.3. The number of nitrogens with one attached hydrogen (secondary N) is 1. The molecule has 1 aliphatic rings.